The normalized spacial score (nSPS) is 14.8. The first kappa shape index (κ1) is 12.3. The number of aromatic amines is 1. The van der Waals surface area contributed by atoms with E-state index in [-0.39, 0.29) is 12.1 Å². The van der Waals surface area contributed by atoms with Crippen LogP contribution in [0.5, 0.6) is 0 Å². The first-order chi connectivity index (χ1) is 8.20. The third-order valence-corrected chi connectivity index (χ3v) is 3.58. The summed E-state index contributed by atoms with van der Waals surface area (Å²) in [5, 5.41) is 6.77. The highest BCUT2D eigenvalue weighted by Gasteiger charge is 2.16. The van der Waals surface area contributed by atoms with Crippen molar-refractivity contribution in [1.82, 2.24) is 20.3 Å². The fourth-order valence-electron chi connectivity index (χ4n) is 1.82. The maximum atomic E-state index is 4.50. The Morgan fingerprint density at radius 1 is 1.53 bits per heavy atom. The minimum absolute atomic E-state index is 0.245. The van der Waals surface area contributed by atoms with Crippen LogP contribution in [0.3, 0.4) is 0 Å². The molecule has 92 valence electrons. The zero-order valence-corrected chi connectivity index (χ0v) is 11.2. The molecule has 0 bridgehead atoms. The highest BCUT2D eigenvalue weighted by Crippen LogP contribution is 2.21. The summed E-state index contributed by atoms with van der Waals surface area (Å²) >= 11 is 1.69. The summed E-state index contributed by atoms with van der Waals surface area (Å²) in [5.41, 5.74) is 1.11. The van der Waals surface area contributed by atoms with Crippen molar-refractivity contribution in [2.24, 2.45) is 0 Å². The molecule has 0 aliphatic carbocycles. The molecule has 2 aromatic rings. The van der Waals surface area contributed by atoms with Crippen molar-refractivity contribution in [1.29, 1.82) is 0 Å². The topological polar surface area (TPSA) is 53.6 Å². The van der Waals surface area contributed by atoms with Gasteiger partial charge in [-0.2, -0.15) is 0 Å². The summed E-state index contributed by atoms with van der Waals surface area (Å²) in [6.07, 6.45) is 4.65. The summed E-state index contributed by atoms with van der Waals surface area (Å²) in [7, 11) is 0. The maximum absolute atomic E-state index is 4.50. The standard InChI is InChI=1S/C12H18N4S/c1-4-10(12-13-5-6-14-12)15-8(2)11-7-17-9(3)16-11/h5-8,10,15H,4H2,1-3H3,(H,13,14). The Labute approximate surface area is 106 Å². The quantitative estimate of drug-likeness (QED) is 0.857. The molecule has 0 aliphatic rings. The van der Waals surface area contributed by atoms with Gasteiger partial charge in [0, 0.05) is 23.8 Å². The van der Waals surface area contributed by atoms with E-state index in [9.17, 15) is 0 Å². The highest BCUT2D eigenvalue weighted by atomic mass is 32.1. The third kappa shape index (κ3) is 2.92. The van der Waals surface area contributed by atoms with Crippen molar-refractivity contribution in [3.05, 3.63) is 34.3 Å². The van der Waals surface area contributed by atoms with Crippen molar-refractivity contribution in [2.45, 2.75) is 39.3 Å². The molecule has 0 aromatic carbocycles. The molecule has 0 aliphatic heterocycles. The molecule has 0 spiro atoms. The lowest BCUT2D eigenvalue weighted by Crippen LogP contribution is -2.25. The second-order valence-corrected chi connectivity index (χ2v) is 5.18. The van der Waals surface area contributed by atoms with Gasteiger partial charge < -0.3 is 4.98 Å². The van der Waals surface area contributed by atoms with Crippen LogP contribution in [0.15, 0.2) is 17.8 Å². The minimum Gasteiger partial charge on any atom is -0.347 e. The predicted octanol–water partition coefficient (Wildman–Crippen LogP) is 2.98. The average Bonchev–Trinajstić information content (AvgIpc) is 2.96. The van der Waals surface area contributed by atoms with Crippen molar-refractivity contribution in [3.63, 3.8) is 0 Å². The Hall–Kier alpha value is -1.20. The average molecular weight is 250 g/mol. The lowest BCUT2D eigenvalue weighted by molar-refractivity contribution is 0.436. The molecule has 2 aromatic heterocycles. The molecule has 2 N–H and O–H groups in total. The van der Waals surface area contributed by atoms with E-state index in [2.05, 4.69) is 39.5 Å². The Bertz CT molecular complexity index is 449. The number of rotatable bonds is 5. The number of hydrogen-bond donors (Lipinski definition) is 2. The van der Waals surface area contributed by atoms with E-state index in [1.165, 1.54) is 0 Å². The third-order valence-electron chi connectivity index (χ3n) is 2.79. The van der Waals surface area contributed by atoms with Crippen LogP contribution in [0.1, 0.15) is 48.9 Å². The molecule has 5 heteroatoms. The second-order valence-electron chi connectivity index (χ2n) is 4.11. The van der Waals surface area contributed by atoms with Crippen LogP contribution in [0.2, 0.25) is 0 Å². The van der Waals surface area contributed by atoms with Crippen LogP contribution in [0, 0.1) is 6.92 Å². The van der Waals surface area contributed by atoms with E-state index < -0.39 is 0 Å². The number of aromatic nitrogens is 3. The van der Waals surface area contributed by atoms with Crippen molar-refractivity contribution >= 4 is 11.3 Å². The van der Waals surface area contributed by atoms with Gasteiger partial charge in [-0.05, 0) is 20.3 Å². The first-order valence-corrected chi connectivity index (χ1v) is 6.76. The summed E-state index contributed by atoms with van der Waals surface area (Å²) in [6.45, 7) is 6.32. The monoisotopic (exact) mass is 250 g/mol. The molecule has 0 saturated carbocycles. The molecule has 2 heterocycles. The van der Waals surface area contributed by atoms with Gasteiger partial charge in [0.1, 0.15) is 5.82 Å². The van der Waals surface area contributed by atoms with Crippen LogP contribution in [-0.2, 0) is 0 Å². The molecule has 2 rings (SSSR count). The van der Waals surface area contributed by atoms with Gasteiger partial charge in [0.05, 0.1) is 16.7 Å². The number of nitrogens with one attached hydrogen (secondary N) is 2. The molecular formula is C12H18N4S. The van der Waals surface area contributed by atoms with Crippen molar-refractivity contribution in [3.8, 4) is 0 Å². The van der Waals surface area contributed by atoms with Gasteiger partial charge in [-0.3, -0.25) is 5.32 Å². The number of H-pyrrole nitrogens is 1. The van der Waals surface area contributed by atoms with Gasteiger partial charge in [0.25, 0.3) is 0 Å². The summed E-state index contributed by atoms with van der Waals surface area (Å²) in [6, 6.07) is 0.497. The number of thiazole rings is 1. The lowest BCUT2D eigenvalue weighted by Gasteiger charge is -2.19. The van der Waals surface area contributed by atoms with Gasteiger partial charge in [0.15, 0.2) is 0 Å². The van der Waals surface area contributed by atoms with Crippen LogP contribution in [-0.4, -0.2) is 15.0 Å². The Morgan fingerprint density at radius 3 is 2.88 bits per heavy atom. The molecule has 0 saturated heterocycles. The van der Waals surface area contributed by atoms with E-state index in [0.717, 1.165) is 22.9 Å². The fraction of sp³-hybridized carbons (Fsp3) is 0.500. The van der Waals surface area contributed by atoms with E-state index in [4.69, 9.17) is 0 Å². The SMILES string of the molecule is CCC(NC(C)c1csc(C)n1)c1ncc[nH]1. The van der Waals surface area contributed by atoms with Crippen molar-refractivity contribution in [2.75, 3.05) is 0 Å². The summed E-state index contributed by atoms with van der Waals surface area (Å²) < 4.78 is 0. The summed E-state index contributed by atoms with van der Waals surface area (Å²) in [4.78, 5) is 12.0. The lowest BCUT2D eigenvalue weighted by atomic mass is 10.1. The van der Waals surface area contributed by atoms with E-state index in [0.29, 0.717) is 0 Å². The highest BCUT2D eigenvalue weighted by molar-refractivity contribution is 7.09. The molecule has 0 radical (unpaired) electrons. The van der Waals surface area contributed by atoms with E-state index in [1.54, 1.807) is 17.5 Å². The zero-order valence-electron chi connectivity index (χ0n) is 10.4. The second kappa shape index (κ2) is 5.42. The minimum atomic E-state index is 0.245. The van der Waals surface area contributed by atoms with Crippen LogP contribution >= 0.6 is 11.3 Å². The van der Waals surface area contributed by atoms with E-state index >= 15 is 0 Å². The number of aryl methyl sites for hydroxylation is 1. The molecule has 2 atom stereocenters. The van der Waals surface area contributed by atoms with Crippen LogP contribution < -0.4 is 5.32 Å². The Balaban J connectivity index is 2.04. The van der Waals surface area contributed by atoms with Gasteiger partial charge in [-0.1, -0.05) is 6.92 Å². The van der Waals surface area contributed by atoms with Gasteiger partial charge >= 0.3 is 0 Å². The molecule has 2 unspecified atom stereocenters. The Kier molecular flexibility index (Phi) is 3.91. The predicted molar refractivity (Wildman–Crippen MR) is 70.0 cm³/mol. The fourth-order valence-corrected chi connectivity index (χ4v) is 2.53. The molecule has 4 nitrogen and oxygen atoms in total. The van der Waals surface area contributed by atoms with Crippen LogP contribution in [0.4, 0.5) is 0 Å². The molecule has 0 amide bonds. The van der Waals surface area contributed by atoms with Gasteiger partial charge in [0.2, 0.25) is 0 Å². The van der Waals surface area contributed by atoms with Gasteiger partial charge in [-0.25, -0.2) is 9.97 Å². The maximum Gasteiger partial charge on any atom is 0.123 e. The Morgan fingerprint density at radius 2 is 2.35 bits per heavy atom. The number of nitrogens with zero attached hydrogens (tertiary/aromatic N) is 2. The van der Waals surface area contributed by atoms with Crippen LogP contribution in [0.25, 0.3) is 0 Å². The van der Waals surface area contributed by atoms with Crippen molar-refractivity contribution < 1.29 is 0 Å². The summed E-state index contributed by atoms with van der Waals surface area (Å²) in [5.74, 6) is 0.992. The molecule has 0 fully saturated rings. The first-order valence-electron chi connectivity index (χ1n) is 5.88. The van der Waals surface area contributed by atoms with Gasteiger partial charge in [-0.15, -0.1) is 11.3 Å². The largest absolute Gasteiger partial charge is 0.347 e. The number of imidazole rings is 1. The molecular weight excluding hydrogens is 232 g/mol. The zero-order chi connectivity index (χ0) is 12.3. The van der Waals surface area contributed by atoms with E-state index in [1.807, 2.05) is 13.1 Å². The molecule has 17 heavy (non-hydrogen) atoms. The number of hydrogen-bond acceptors (Lipinski definition) is 4. The smallest absolute Gasteiger partial charge is 0.123 e.